The van der Waals surface area contributed by atoms with Crippen molar-refractivity contribution in [2.24, 2.45) is 0 Å². The Kier molecular flexibility index (Phi) is 4.83. The minimum atomic E-state index is -0.552. The first kappa shape index (κ1) is 18.8. The fourth-order valence-electron chi connectivity index (χ4n) is 2.97. The smallest absolute Gasteiger partial charge is 0.338 e. The van der Waals surface area contributed by atoms with E-state index < -0.39 is 5.60 Å². The van der Waals surface area contributed by atoms with Crippen molar-refractivity contribution in [3.63, 3.8) is 0 Å². The maximum atomic E-state index is 12.4. The predicted octanol–water partition coefficient (Wildman–Crippen LogP) is 5.37. The highest BCUT2D eigenvalue weighted by Gasteiger charge is 2.18. The molecule has 0 saturated carbocycles. The molecule has 0 saturated heterocycles. The summed E-state index contributed by atoms with van der Waals surface area (Å²) in [5.74, 6) is -0.352. The van der Waals surface area contributed by atoms with Crippen LogP contribution in [-0.2, 0) is 4.74 Å². The van der Waals surface area contributed by atoms with Crippen molar-refractivity contribution in [3.05, 3.63) is 65.4 Å². The van der Waals surface area contributed by atoms with E-state index in [2.05, 4.69) is 4.98 Å². The van der Waals surface area contributed by atoms with Gasteiger partial charge in [0.25, 0.3) is 0 Å². The summed E-state index contributed by atoms with van der Waals surface area (Å²) in [5, 5.41) is 0.884. The average molecular weight is 361 g/mol. The highest BCUT2D eigenvalue weighted by molar-refractivity contribution is 6.02. The first-order valence-corrected chi connectivity index (χ1v) is 8.90. The van der Waals surface area contributed by atoms with E-state index in [1.54, 1.807) is 19.1 Å². The number of ketones is 1. The highest BCUT2D eigenvalue weighted by atomic mass is 16.6. The van der Waals surface area contributed by atoms with E-state index in [-0.39, 0.29) is 11.8 Å². The standard InChI is InChI=1S/C23H23NO3/c1-14-11-19(20-13-16(15(2)25)9-10-21(20)24-14)17-7-6-8-18(12-17)22(26)27-23(3,4)5/h6-13H,1-5H3. The average Bonchev–Trinajstić information content (AvgIpc) is 2.59. The third kappa shape index (κ3) is 4.22. The summed E-state index contributed by atoms with van der Waals surface area (Å²) in [7, 11) is 0. The molecule has 0 aliphatic heterocycles. The molecular weight excluding hydrogens is 338 g/mol. The fourth-order valence-corrected chi connectivity index (χ4v) is 2.97. The molecule has 0 spiro atoms. The largest absolute Gasteiger partial charge is 0.456 e. The van der Waals surface area contributed by atoms with Gasteiger partial charge in [-0.3, -0.25) is 9.78 Å². The number of esters is 1. The van der Waals surface area contributed by atoms with Crippen molar-refractivity contribution in [2.45, 2.75) is 40.2 Å². The van der Waals surface area contributed by atoms with Gasteiger partial charge in [-0.1, -0.05) is 12.1 Å². The zero-order valence-corrected chi connectivity index (χ0v) is 16.3. The first-order chi connectivity index (χ1) is 12.6. The van der Waals surface area contributed by atoms with Crippen LogP contribution >= 0.6 is 0 Å². The van der Waals surface area contributed by atoms with Crippen LogP contribution in [0.1, 0.15) is 54.1 Å². The number of aryl methyl sites for hydroxylation is 1. The lowest BCUT2D eigenvalue weighted by Gasteiger charge is -2.19. The lowest BCUT2D eigenvalue weighted by atomic mass is 9.96. The van der Waals surface area contributed by atoms with Crippen molar-refractivity contribution in [1.82, 2.24) is 4.98 Å². The molecule has 0 aliphatic rings. The first-order valence-electron chi connectivity index (χ1n) is 8.90. The van der Waals surface area contributed by atoms with Crippen molar-refractivity contribution < 1.29 is 14.3 Å². The van der Waals surface area contributed by atoms with Gasteiger partial charge >= 0.3 is 5.97 Å². The Morgan fingerprint density at radius 1 is 0.963 bits per heavy atom. The lowest BCUT2D eigenvalue weighted by Crippen LogP contribution is -2.23. The Bertz CT molecular complexity index is 1050. The van der Waals surface area contributed by atoms with Crippen LogP contribution in [0.3, 0.4) is 0 Å². The summed E-state index contributed by atoms with van der Waals surface area (Å²) in [5.41, 5.74) is 4.09. The maximum absolute atomic E-state index is 12.4. The summed E-state index contributed by atoms with van der Waals surface area (Å²) in [6, 6.07) is 14.8. The second kappa shape index (κ2) is 6.95. The molecule has 0 unspecified atom stereocenters. The number of ether oxygens (including phenoxy) is 1. The molecule has 2 aromatic carbocycles. The Morgan fingerprint density at radius 3 is 2.37 bits per heavy atom. The van der Waals surface area contributed by atoms with E-state index in [1.807, 2.05) is 64.1 Å². The zero-order chi connectivity index (χ0) is 19.8. The minimum absolute atomic E-state index is 0.00549. The van der Waals surface area contributed by atoms with Crippen LogP contribution in [0, 0.1) is 6.92 Å². The normalized spacial score (nSPS) is 11.4. The Balaban J connectivity index is 2.14. The Morgan fingerprint density at radius 2 is 1.70 bits per heavy atom. The third-order valence-corrected chi connectivity index (χ3v) is 4.15. The van der Waals surface area contributed by atoms with Gasteiger partial charge in [-0.2, -0.15) is 0 Å². The number of fused-ring (bicyclic) bond motifs is 1. The van der Waals surface area contributed by atoms with Crippen LogP contribution in [0.2, 0.25) is 0 Å². The molecule has 138 valence electrons. The second-order valence-corrected chi connectivity index (χ2v) is 7.68. The molecular formula is C23H23NO3. The van der Waals surface area contributed by atoms with Crippen molar-refractivity contribution >= 4 is 22.7 Å². The molecule has 0 aliphatic carbocycles. The Labute approximate surface area is 159 Å². The summed E-state index contributed by atoms with van der Waals surface area (Å²) in [6.07, 6.45) is 0. The summed E-state index contributed by atoms with van der Waals surface area (Å²) >= 11 is 0. The minimum Gasteiger partial charge on any atom is -0.456 e. The van der Waals surface area contributed by atoms with E-state index in [4.69, 9.17) is 4.74 Å². The number of rotatable bonds is 3. The number of hydrogen-bond acceptors (Lipinski definition) is 4. The van der Waals surface area contributed by atoms with Gasteiger partial charge < -0.3 is 4.74 Å². The second-order valence-electron chi connectivity index (χ2n) is 7.68. The maximum Gasteiger partial charge on any atom is 0.338 e. The quantitative estimate of drug-likeness (QED) is 0.465. The molecule has 0 atom stereocenters. The molecule has 0 bridgehead atoms. The molecule has 1 aromatic heterocycles. The lowest BCUT2D eigenvalue weighted by molar-refractivity contribution is 0.00695. The molecule has 1 heterocycles. The van der Waals surface area contributed by atoms with Gasteiger partial charge in [-0.05, 0) is 82.1 Å². The number of benzene rings is 2. The van der Waals surface area contributed by atoms with Gasteiger partial charge in [-0.25, -0.2) is 4.79 Å². The van der Waals surface area contributed by atoms with Gasteiger partial charge in [0.15, 0.2) is 5.78 Å². The van der Waals surface area contributed by atoms with Gasteiger partial charge in [0.1, 0.15) is 5.60 Å². The summed E-state index contributed by atoms with van der Waals surface area (Å²) in [4.78, 5) is 28.8. The SMILES string of the molecule is CC(=O)c1ccc2nc(C)cc(-c3cccc(C(=O)OC(C)(C)C)c3)c2c1. The highest BCUT2D eigenvalue weighted by Crippen LogP contribution is 2.30. The van der Waals surface area contributed by atoms with Crippen molar-refractivity contribution in [3.8, 4) is 11.1 Å². The molecule has 4 nitrogen and oxygen atoms in total. The number of hydrogen-bond donors (Lipinski definition) is 0. The molecule has 0 amide bonds. The third-order valence-electron chi connectivity index (χ3n) is 4.15. The van der Waals surface area contributed by atoms with Gasteiger partial charge in [0.05, 0.1) is 11.1 Å². The molecule has 0 radical (unpaired) electrons. The number of carbonyl (C=O) groups excluding carboxylic acids is 2. The van der Waals surface area contributed by atoms with E-state index >= 15 is 0 Å². The van der Waals surface area contributed by atoms with Crippen LogP contribution in [0.4, 0.5) is 0 Å². The van der Waals surface area contributed by atoms with Crippen LogP contribution in [0.25, 0.3) is 22.0 Å². The van der Waals surface area contributed by atoms with Crippen LogP contribution in [0.5, 0.6) is 0 Å². The van der Waals surface area contributed by atoms with Gasteiger partial charge in [-0.15, -0.1) is 0 Å². The summed E-state index contributed by atoms with van der Waals surface area (Å²) in [6.45, 7) is 9.01. The van der Waals surface area contributed by atoms with Gasteiger partial charge in [0, 0.05) is 16.6 Å². The fraction of sp³-hybridized carbons (Fsp3) is 0.261. The number of nitrogens with zero attached hydrogens (tertiary/aromatic N) is 1. The summed E-state index contributed by atoms with van der Waals surface area (Å²) < 4.78 is 5.48. The number of carbonyl (C=O) groups is 2. The topological polar surface area (TPSA) is 56.3 Å². The molecule has 27 heavy (non-hydrogen) atoms. The number of pyridine rings is 1. The van der Waals surface area contributed by atoms with Gasteiger partial charge in [0.2, 0.25) is 0 Å². The molecule has 4 heteroatoms. The zero-order valence-electron chi connectivity index (χ0n) is 16.3. The molecule has 3 rings (SSSR count). The monoisotopic (exact) mass is 361 g/mol. The van der Waals surface area contributed by atoms with Crippen LogP contribution < -0.4 is 0 Å². The molecule has 0 N–H and O–H groups in total. The molecule has 3 aromatic rings. The van der Waals surface area contributed by atoms with E-state index in [0.29, 0.717) is 11.1 Å². The van der Waals surface area contributed by atoms with Crippen LogP contribution in [0.15, 0.2) is 48.5 Å². The number of aromatic nitrogens is 1. The van der Waals surface area contributed by atoms with E-state index in [9.17, 15) is 9.59 Å². The van der Waals surface area contributed by atoms with Crippen molar-refractivity contribution in [2.75, 3.05) is 0 Å². The molecule has 0 fully saturated rings. The van der Waals surface area contributed by atoms with E-state index in [0.717, 1.165) is 27.7 Å². The Hall–Kier alpha value is -3.01. The number of Topliss-reactive ketones (excluding diaryl/α,β-unsaturated/α-hetero) is 1. The van der Waals surface area contributed by atoms with E-state index in [1.165, 1.54) is 0 Å². The van der Waals surface area contributed by atoms with Crippen molar-refractivity contribution in [1.29, 1.82) is 0 Å². The van der Waals surface area contributed by atoms with Crippen LogP contribution in [-0.4, -0.2) is 22.3 Å². The predicted molar refractivity (Wildman–Crippen MR) is 107 cm³/mol.